The van der Waals surface area contributed by atoms with E-state index in [9.17, 15) is 0 Å². The Hall–Kier alpha value is -0.700. The molecule has 0 bridgehead atoms. The van der Waals surface area contributed by atoms with Crippen molar-refractivity contribution >= 4 is 12.6 Å². The fourth-order valence-corrected chi connectivity index (χ4v) is 1.11. The highest BCUT2D eigenvalue weighted by Crippen LogP contribution is 2.19. The lowest BCUT2D eigenvalue weighted by molar-refractivity contribution is 0.232. The molecule has 0 aromatic carbocycles. The van der Waals surface area contributed by atoms with Gasteiger partial charge in [-0.25, -0.2) is 4.98 Å². The lowest BCUT2D eigenvalue weighted by Gasteiger charge is -2.10. The van der Waals surface area contributed by atoms with E-state index in [1.165, 1.54) is 0 Å². The third-order valence-corrected chi connectivity index (χ3v) is 1.79. The average Bonchev–Trinajstić information content (AvgIpc) is 2.03. The number of hydrogen-bond donors (Lipinski definition) is 1. The van der Waals surface area contributed by atoms with Gasteiger partial charge in [-0.2, -0.15) is 12.6 Å². The normalized spacial score (nSPS) is 13.0. The Morgan fingerprint density at radius 3 is 2.54 bits per heavy atom. The Bertz CT molecular complexity index is 273. The Morgan fingerprint density at radius 1 is 1.31 bits per heavy atom. The van der Waals surface area contributed by atoms with Crippen LogP contribution in [-0.4, -0.2) is 11.1 Å². The molecule has 2 nitrogen and oxygen atoms in total. The second kappa shape index (κ2) is 4.51. The van der Waals surface area contributed by atoms with Crippen molar-refractivity contribution in [3.63, 3.8) is 0 Å². The Kier molecular flexibility index (Phi) is 3.60. The number of ether oxygens (including phenoxy) is 1. The molecular formula is C10H15NOS. The van der Waals surface area contributed by atoms with Crippen LogP contribution in [0.4, 0.5) is 0 Å². The van der Waals surface area contributed by atoms with Crippen LogP contribution in [0.3, 0.4) is 0 Å². The van der Waals surface area contributed by atoms with Crippen molar-refractivity contribution < 1.29 is 4.74 Å². The molecule has 0 N–H and O–H groups in total. The minimum atomic E-state index is 0.149. The molecule has 1 atom stereocenters. The summed E-state index contributed by atoms with van der Waals surface area (Å²) >= 11 is 4.31. The van der Waals surface area contributed by atoms with E-state index in [0.717, 1.165) is 5.69 Å². The monoisotopic (exact) mass is 197 g/mol. The Balaban J connectivity index is 2.79. The predicted octanol–water partition coefficient (Wildman–Crippen LogP) is 2.86. The SMILES string of the molecule is CC(C)Oc1cccc(C(C)S)n1. The molecule has 1 aromatic heterocycles. The highest BCUT2D eigenvalue weighted by atomic mass is 32.1. The molecule has 1 unspecified atom stereocenters. The second-order valence-corrected chi connectivity index (χ2v) is 4.02. The van der Waals surface area contributed by atoms with Crippen LogP contribution in [0.25, 0.3) is 0 Å². The average molecular weight is 197 g/mol. The molecule has 0 radical (unpaired) electrons. The van der Waals surface area contributed by atoms with Gasteiger partial charge in [0, 0.05) is 11.3 Å². The van der Waals surface area contributed by atoms with Crippen molar-refractivity contribution in [3.05, 3.63) is 23.9 Å². The van der Waals surface area contributed by atoms with Gasteiger partial charge < -0.3 is 4.74 Å². The molecular weight excluding hydrogens is 182 g/mol. The van der Waals surface area contributed by atoms with Crippen molar-refractivity contribution in [3.8, 4) is 5.88 Å². The van der Waals surface area contributed by atoms with E-state index in [1.807, 2.05) is 39.0 Å². The van der Waals surface area contributed by atoms with Crippen LogP contribution in [0.15, 0.2) is 18.2 Å². The van der Waals surface area contributed by atoms with E-state index < -0.39 is 0 Å². The van der Waals surface area contributed by atoms with Crippen molar-refractivity contribution in [1.29, 1.82) is 0 Å². The smallest absolute Gasteiger partial charge is 0.213 e. The number of nitrogens with zero attached hydrogens (tertiary/aromatic N) is 1. The summed E-state index contributed by atoms with van der Waals surface area (Å²) in [5.41, 5.74) is 0.946. The van der Waals surface area contributed by atoms with Gasteiger partial charge in [0.05, 0.1) is 11.8 Å². The highest BCUT2D eigenvalue weighted by molar-refractivity contribution is 7.80. The van der Waals surface area contributed by atoms with Crippen molar-refractivity contribution in [2.75, 3.05) is 0 Å². The van der Waals surface area contributed by atoms with E-state index in [1.54, 1.807) is 0 Å². The summed E-state index contributed by atoms with van der Waals surface area (Å²) in [5, 5.41) is 0.149. The van der Waals surface area contributed by atoms with E-state index >= 15 is 0 Å². The molecule has 3 heteroatoms. The molecule has 1 heterocycles. The van der Waals surface area contributed by atoms with Crippen LogP contribution in [-0.2, 0) is 0 Å². The standard InChI is InChI=1S/C10H15NOS/c1-7(2)12-10-6-4-5-9(11-10)8(3)13/h4-8,13H,1-3H3. The maximum atomic E-state index is 5.46. The lowest BCUT2D eigenvalue weighted by atomic mass is 10.3. The zero-order valence-corrected chi connectivity index (χ0v) is 9.08. The van der Waals surface area contributed by atoms with Crippen LogP contribution >= 0.6 is 12.6 Å². The summed E-state index contributed by atoms with van der Waals surface area (Å²) in [4.78, 5) is 4.31. The Labute approximate surface area is 84.7 Å². The molecule has 1 aromatic rings. The molecule has 0 saturated carbocycles. The van der Waals surface area contributed by atoms with Crippen LogP contribution in [0, 0.1) is 0 Å². The topological polar surface area (TPSA) is 22.1 Å². The van der Waals surface area contributed by atoms with Gasteiger partial charge in [0.15, 0.2) is 0 Å². The lowest BCUT2D eigenvalue weighted by Crippen LogP contribution is -2.07. The van der Waals surface area contributed by atoms with Crippen molar-refractivity contribution in [1.82, 2.24) is 4.98 Å². The molecule has 72 valence electrons. The molecule has 0 fully saturated rings. The van der Waals surface area contributed by atoms with Gasteiger partial charge in [-0.15, -0.1) is 0 Å². The van der Waals surface area contributed by atoms with E-state index in [4.69, 9.17) is 4.74 Å². The largest absolute Gasteiger partial charge is 0.475 e. The third-order valence-electron chi connectivity index (χ3n) is 1.53. The molecule has 1 rings (SSSR count). The van der Waals surface area contributed by atoms with E-state index in [0.29, 0.717) is 5.88 Å². The molecule has 0 amide bonds. The number of pyridine rings is 1. The number of aromatic nitrogens is 1. The molecule has 0 spiro atoms. The van der Waals surface area contributed by atoms with E-state index in [2.05, 4.69) is 17.6 Å². The first-order valence-electron chi connectivity index (χ1n) is 4.41. The first-order chi connectivity index (χ1) is 6.09. The Morgan fingerprint density at radius 2 is 2.00 bits per heavy atom. The maximum absolute atomic E-state index is 5.46. The van der Waals surface area contributed by atoms with E-state index in [-0.39, 0.29) is 11.4 Å². The molecule has 0 aliphatic carbocycles. The summed E-state index contributed by atoms with van der Waals surface area (Å²) in [6.45, 7) is 5.96. The van der Waals surface area contributed by atoms with Crippen molar-refractivity contribution in [2.24, 2.45) is 0 Å². The molecule has 0 aliphatic rings. The number of thiol groups is 1. The molecule has 0 aliphatic heterocycles. The minimum absolute atomic E-state index is 0.149. The summed E-state index contributed by atoms with van der Waals surface area (Å²) < 4.78 is 5.46. The fourth-order valence-electron chi connectivity index (χ4n) is 0.971. The summed E-state index contributed by atoms with van der Waals surface area (Å²) in [5.74, 6) is 0.674. The highest BCUT2D eigenvalue weighted by Gasteiger charge is 2.04. The second-order valence-electron chi connectivity index (χ2n) is 3.24. The van der Waals surface area contributed by atoms with Gasteiger partial charge in [0.2, 0.25) is 5.88 Å². The van der Waals surface area contributed by atoms with Gasteiger partial charge in [-0.05, 0) is 26.8 Å². The first-order valence-corrected chi connectivity index (χ1v) is 4.93. The van der Waals surface area contributed by atoms with Crippen LogP contribution < -0.4 is 4.74 Å². The van der Waals surface area contributed by atoms with Gasteiger partial charge in [0.1, 0.15) is 0 Å². The zero-order valence-electron chi connectivity index (χ0n) is 8.19. The number of hydrogen-bond acceptors (Lipinski definition) is 3. The molecule has 0 saturated heterocycles. The maximum Gasteiger partial charge on any atom is 0.213 e. The van der Waals surface area contributed by atoms with Gasteiger partial charge in [-0.1, -0.05) is 6.07 Å². The molecule has 13 heavy (non-hydrogen) atoms. The van der Waals surface area contributed by atoms with Gasteiger partial charge in [0.25, 0.3) is 0 Å². The summed E-state index contributed by atoms with van der Waals surface area (Å²) in [6, 6.07) is 5.75. The summed E-state index contributed by atoms with van der Waals surface area (Å²) in [6.07, 6.45) is 0.165. The van der Waals surface area contributed by atoms with Crippen LogP contribution in [0.1, 0.15) is 31.7 Å². The van der Waals surface area contributed by atoms with Gasteiger partial charge >= 0.3 is 0 Å². The third kappa shape index (κ3) is 3.27. The van der Waals surface area contributed by atoms with Crippen molar-refractivity contribution in [2.45, 2.75) is 32.1 Å². The fraction of sp³-hybridized carbons (Fsp3) is 0.500. The predicted molar refractivity (Wildman–Crippen MR) is 57.4 cm³/mol. The quantitative estimate of drug-likeness (QED) is 0.753. The first kappa shape index (κ1) is 10.4. The number of rotatable bonds is 3. The zero-order chi connectivity index (χ0) is 9.84. The summed E-state index contributed by atoms with van der Waals surface area (Å²) in [7, 11) is 0. The van der Waals surface area contributed by atoms with Crippen LogP contribution in [0.5, 0.6) is 5.88 Å². The van der Waals surface area contributed by atoms with Crippen LogP contribution in [0.2, 0.25) is 0 Å². The minimum Gasteiger partial charge on any atom is -0.475 e. The van der Waals surface area contributed by atoms with Gasteiger partial charge in [-0.3, -0.25) is 0 Å².